The van der Waals surface area contributed by atoms with Crippen molar-refractivity contribution in [2.24, 2.45) is 0 Å². The summed E-state index contributed by atoms with van der Waals surface area (Å²) in [5.74, 6) is -0.833. The van der Waals surface area contributed by atoms with E-state index in [-0.39, 0.29) is 45.4 Å². The highest BCUT2D eigenvalue weighted by Gasteiger charge is 2.45. The summed E-state index contributed by atoms with van der Waals surface area (Å²) in [5, 5.41) is 50.5. The summed E-state index contributed by atoms with van der Waals surface area (Å²) in [6, 6.07) is 2.47. The van der Waals surface area contributed by atoms with Gasteiger partial charge in [0.1, 0.15) is 24.4 Å². The normalized spacial score (nSPS) is 26.6. The van der Waals surface area contributed by atoms with Crippen molar-refractivity contribution < 1.29 is 53.3 Å². The first-order valence-electron chi connectivity index (χ1n) is 10.1. The Kier molecular flexibility index (Phi) is 4.43. The van der Waals surface area contributed by atoms with Gasteiger partial charge in [0.05, 0.1) is 17.4 Å². The lowest BCUT2D eigenvalue weighted by Gasteiger charge is -2.39. The summed E-state index contributed by atoms with van der Waals surface area (Å²) >= 11 is 0. The molecule has 6 rings (SSSR count). The maximum Gasteiger partial charge on any atom is 0.344 e. The number of phenolic OH excluding ortho intramolecular Hbond substituents is 1. The standard InChI is InChI=1S/C21H16O13/c22-3-9-12(23)14(25)15(26)21(32-9)31-7-1-5-10-11-6(19(27)33-17(10)13(7)24)2-8-16(30-4-29-8)18(11)34-20(5)28/h1-2,9,12,14-15,21-26H,3-4H2. The van der Waals surface area contributed by atoms with Gasteiger partial charge in [-0.05, 0) is 12.1 Å². The van der Waals surface area contributed by atoms with Crippen LogP contribution in [0.1, 0.15) is 0 Å². The van der Waals surface area contributed by atoms with E-state index in [1.165, 1.54) is 6.07 Å². The van der Waals surface area contributed by atoms with Crippen LogP contribution >= 0.6 is 0 Å². The third-order valence-electron chi connectivity index (χ3n) is 6.01. The lowest BCUT2D eigenvalue weighted by Crippen LogP contribution is -2.60. The molecule has 2 aliphatic heterocycles. The highest BCUT2D eigenvalue weighted by Crippen LogP contribution is 2.47. The van der Waals surface area contributed by atoms with Crippen LogP contribution in [0.4, 0.5) is 0 Å². The summed E-state index contributed by atoms with van der Waals surface area (Å²) < 4.78 is 32.1. The molecule has 2 aromatic carbocycles. The van der Waals surface area contributed by atoms with Crippen molar-refractivity contribution >= 4 is 32.7 Å². The van der Waals surface area contributed by atoms with E-state index in [2.05, 4.69) is 0 Å². The molecule has 13 heteroatoms. The topological polar surface area (TPSA) is 198 Å². The number of phenols is 1. The van der Waals surface area contributed by atoms with E-state index in [4.69, 9.17) is 27.8 Å². The third-order valence-corrected chi connectivity index (χ3v) is 6.01. The Hall–Kier alpha value is -3.62. The van der Waals surface area contributed by atoms with Gasteiger partial charge in [-0.1, -0.05) is 0 Å². The smallest absolute Gasteiger partial charge is 0.344 e. The molecular weight excluding hydrogens is 460 g/mol. The van der Waals surface area contributed by atoms with Crippen LogP contribution in [0.2, 0.25) is 0 Å². The van der Waals surface area contributed by atoms with Crippen molar-refractivity contribution in [3.05, 3.63) is 33.0 Å². The number of ether oxygens (including phenoxy) is 4. The lowest BCUT2D eigenvalue weighted by molar-refractivity contribution is -0.277. The Morgan fingerprint density at radius 3 is 2.32 bits per heavy atom. The van der Waals surface area contributed by atoms with Gasteiger partial charge in [0.15, 0.2) is 22.7 Å². The predicted octanol–water partition coefficient (Wildman–Crippen LogP) is -0.897. The van der Waals surface area contributed by atoms with Crippen molar-refractivity contribution in [2.45, 2.75) is 30.7 Å². The minimum absolute atomic E-state index is 0.0301. The van der Waals surface area contributed by atoms with E-state index in [0.717, 1.165) is 6.07 Å². The second-order valence-electron chi connectivity index (χ2n) is 7.93. The zero-order valence-electron chi connectivity index (χ0n) is 17.0. The SMILES string of the molecule is O=c1oc2c3c(cc4c(=O)oc5c(O)c(OC6OC(CO)C(O)C(O)C6O)cc1c5c24)OCO3. The van der Waals surface area contributed by atoms with Gasteiger partial charge in [-0.2, -0.15) is 0 Å². The first kappa shape index (κ1) is 20.9. The summed E-state index contributed by atoms with van der Waals surface area (Å²) in [6.45, 7) is -0.847. The quantitative estimate of drug-likeness (QED) is 0.180. The average molecular weight is 476 g/mol. The highest BCUT2D eigenvalue weighted by atomic mass is 16.7. The van der Waals surface area contributed by atoms with Crippen LogP contribution in [0.5, 0.6) is 23.0 Å². The van der Waals surface area contributed by atoms with E-state index >= 15 is 0 Å². The molecule has 4 aromatic rings. The molecule has 13 nitrogen and oxygen atoms in total. The van der Waals surface area contributed by atoms with E-state index in [1.54, 1.807) is 0 Å². The first-order chi connectivity index (χ1) is 16.3. The maximum atomic E-state index is 12.8. The number of aromatic hydroxyl groups is 1. The Labute approximate surface area is 186 Å². The molecular formula is C21H16O13. The van der Waals surface area contributed by atoms with Gasteiger partial charge >= 0.3 is 11.3 Å². The Morgan fingerprint density at radius 1 is 0.912 bits per heavy atom. The van der Waals surface area contributed by atoms with Gasteiger partial charge in [0.25, 0.3) is 0 Å². The van der Waals surface area contributed by atoms with Gasteiger partial charge in [0, 0.05) is 10.8 Å². The van der Waals surface area contributed by atoms with Gasteiger partial charge in [-0.3, -0.25) is 0 Å². The Balaban J connectivity index is 1.57. The maximum absolute atomic E-state index is 12.8. The molecule has 0 saturated carbocycles. The van der Waals surface area contributed by atoms with Crippen molar-refractivity contribution in [2.75, 3.05) is 13.4 Å². The van der Waals surface area contributed by atoms with Crippen molar-refractivity contribution in [3.8, 4) is 23.0 Å². The van der Waals surface area contributed by atoms with Crippen LogP contribution < -0.4 is 25.5 Å². The molecule has 0 spiro atoms. The zero-order valence-corrected chi connectivity index (χ0v) is 17.0. The average Bonchev–Trinajstić information content (AvgIpc) is 3.30. The molecule has 1 fully saturated rings. The molecule has 178 valence electrons. The fraction of sp³-hybridized carbons (Fsp3) is 0.333. The van der Waals surface area contributed by atoms with Crippen molar-refractivity contribution in [3.63, 3.8) is 0 Å². The van der Waals surface area contributed by atoms with Crippen LogP contribution in [0, 0.1) is 0 Å². The van der Waals surface area contributed by atoms with Gasteiger partial charge in [-0.15, -0.1) is 0 Å². The second-order valence-corrected chi connectivity index (χ2v) is 7.93. The number of hydrogen-bond acceptors (Lipinski definition) is 13. The van der Waals surface area contributed by atoms with Crippen LogP contribution in [-0.2, 0) is 4.74 Å². The molecule has 4 heterocycles. The van der Waals surface area contributed by atoms with Crippen LogP contribution in [0.3, 0.4) is 0 Å². The van der Waals surface area contributed by atoms with Crippen LogP contribution in [-0.4, -0.2) is 69.6 Å². The molecule has 5 unspecified atom stereocenters. The number of rotatable bonds is 3. The molecule has 0 bridgehead atoms. The van der Waals surface area contributed by atoms with E-state index in [9.17, 15) is 35.1 Å². The summed E-state index contributed by atoms with van der Waals surface area (Å²) in [5.41, 5.74) is -2.20. The van der Waals surface area contributed by atoms with E-state index in [1.807, 2.05) is 0 Å². The fourth-order valence-corrected chi connectivity index (χ4v) is 4.33. The molecule has 0 amide bonds. The number of aliphatic hydroxyl groups excluding tert-OH is 4. The molecule has 0 radical (unpaired) electrons. The molecule has 5 N–H and O–H groups in total. The minimum Gasteiger partial charge on any atom is -0.502 e. The van der Waals surface area contributed by atoms with Crippen molar-refractivity contribution in [1.82, 2.24) is 0 Å². The Morgan fingerprint density at radius 2 is 1.59 bits per heavy atom. The second kappa shape index (κ2) is 7.19. The minimum atomic E-state index is -1.79. The number of aliphatic hydroxyl groups is 4. The number of hydrogen-bond donors (Lipinski definition) is 5. The molecule has 2 aliphatic rings. The largest absolute Gasteiger partial charge is 0.502 e. The third kappa shape index (κ3) is 2.72. The highest BCUT2D eigenvalue weighted by molar-refractivity contribution is 6.22. The predicted molar refractivity (Wildman–Crippen MR) is 109 cm³/mol. The van der Waals surface area contributed by atoms with Gasteiger partial charge in [-0.25, -0.2) is 9.59 Å². The van der Waals surface area contributed by atoms with Gasteiger partial charge < -0.3 is 53.3 Å². The summed E-state index contributed by atoms with van der Waals surface area (Å²) in [4.78, 5) is 25.6. The number of fused-ring (bicyclic) bond motifs is 2. The van der Waals surface area contributed by atoms with E-state index in [0.29, 0.717) is 0 Å². The molecule has 34 heavy (non-hydrogen) atoms. The molecule has 5 atom stereocenters. The Bertz CT molecular complexity index is 1550. The molecule has 2 aromatic heterocycles. The first-order valence-corrected chi connectivity index (χ1v) is 10.1. The summed E-state index contributed by atoms with van der Waals surface area (Å²) in [6.07, 6.45) is -8.09. The van der Waals surface area contributed by atoms with E-state index < -0.39 is 65.6 Å². The fourth-order valence-electron chi connectivity index (χ4n) is 4.33. The molecule has 1 saturated heterocycles. The summed E-state index contributed by atoms with van der Waals surface area (Å²) in [7, 11) is 0. The monoisotopic (exact) mass is 476 g/mol. The van der Waals surface area contributed by atoms with Crippen LogP contribution in [0.25, 0.3) is 32.7 Å². The van der Waals surface area contributed by atoms with Gasteiger partial charge in [0.2, 0.25) is 24.6 Å². The number of benzene rings is 2. The van der Waals surface area contributed by atoms with Crippen LogP contribution in [0.15, 0.2) is 30.6 Å². The lowest BCUT2D eigenvalue weighted by atomic mass is 9.99. The zero-order chi connectivity index (χ0) is 23.9. The molecule has 0 aliphatic carbocycles. The van der Waals surface area contributed by atoms with Crippen molar-refractivity contribution in [1.29, 1.82) is 0 Å².